The van der Waals surface area contributed by atoms with Gasteiger partial charge < -0.3 is 20.6 Å². The summed E-state index contributed by atoms with van der Waals surface area (Å²) in [5.74, 6) is -0.378. The molecule has 1 aliphatic heterocycles. The summed E-state index contributed by atoms with van der Waals surface area (Å²) in [6, 6.07) is 7.11. The van der Waals surface area contributed by atoms with E-state index < -0.39 is 18.2 Å². The summed E-state index contributed by atoms with van der Waals surface area (Å²) in [4.78, 5) is 32.6. The third-order valence-electron chi connectivity index (χ3n) is 6.16. The van der Waals surface area contributed by atoms with Crippen molar-refractivity contribution in [1.82, 2.24) is 20.5 Å². The number of hydrogen-bond acceptors (Lipinski definition) is 5. The molecule has 3 rings (SSSR count). The summed E-state index contributed by atoms with van der Waals surface area (Å²) in [7, 11) is 0. The number of aliphatic hydroxyl groups is 1. The van der Waals surface area contributed by atoms with Gasteiger partial charge in [0.25, 0.3) is 0 Å². The Kier molecular flexibility index (Phi) is 7.44. The second kappa shape index (κ2) is 9.77. The lowest BCUT2D eigenvalue weighted by atomic mass is 9.85. The van der Waals surface area contributed by atoms with Crippen molar-refractivity contribution >= 4 is 22.6 Å². The van der Waals surface area contributed by atoms with E-state index in [9.17, 15) is 14.7 Å². The van der Waals surface area contributed by atoms with E-state index in [-0.39, 0.29) is 36.2 Å². The van der Waals surface area contributed by atoms with Crippen LogP contribution in [0.15, 0.2) is 24.3 Å². The van der Waals surface area contributed by atoms with Gasteiger partial charge in [-0.1, -0.05) is 46.8 Å². The third-order valence-corrected chi connectivity index (χ3v) is 6.16. The Morgan fingerprint density at radius 1 is 1.21 bits per heavy atom. The molecule has 180 valence electrons. The van der Waals surface area contributed by atoms with Crippen molar-refractivity contribution in [2.75, 3.05) is 6.54 Å². The predicted octanol–water partition coefficient (Wildman–Crippen LogP) is 2.84. The lowest BCUT2D eigenvalue weighted by Gasteiger charge is -2.36. The van der Waals surface area contributed by atoms with E-state index in [0.717, 1.165) is 27.7 Å². The van der Waals surface area contributed by atoms with Crippen LogP contribution in [0.3, 0.4) is 0 Å². The van der Waals surface area contributed by atoms with Crippen LogP contribution < -0.4 is 10.6 Å². The van der Waals surface area contributed by atoms with Crippen LogP contribution in [0, 0.1) is 19.3 Å². The number of benzene rings is 1. The smallest absolute Gasteiger partial charge is 0.243 e. The van der Waals surface area contributed by atoms with E-state index in [1.165, 1.54) is 0 Å². The maximum atomic E-state index is 13.4. The quantitative estimate of drug-likeness (QED) is 0.624. The summed E-state index contributed by atoms with van der Waals surface area (Å²) < 4.78 is 0. The van der Waals surface area contributed by atoms with Crippen LogP contribution in [0.2, 0.25) is 0 Å². The van der Waals surface area contributed by atoms with Gasteiger partial charge >= 0.3 is 0 Å². The number of amides is 2. The molecule has 1 aromatic heterocycles. The lowest BCUT2D eigenvalue weighted by Crippen LogP contribution is -2.57. The molecule has 3 N–H and O–H groups in total. The van der Waals surface area contributed by atoms with Gasteiger partial charge in [0, 0.05) is 42.3 Å². The van der Waals surface area contributed by atoms with E-state index in [2.05, 4.69) is 21.7 Å². The molecule has 7 heteroatoms. The molecule has 0 bridgehead atoms. The Hall–Kier alpha value is -2.51. The minimum Gasteiger partial charge on any atom is -0.391 e. The molecule has 7 nitrogen and oxygen atoms in total. The lowest BCUT2D eigenvalue weighted by molar-refractivity contribution is -0.142. The van der Waals surface area contributed by atoms with Crippen LogP contribution in [-0.2, 0) is 16.1 Å². The molecule has 1 saturated heterocycles. The summed E-state index contributed by atoms with van der Waals surface area (Å²) in [5, 5.41) is 18.8. The van der Waals surface area contributed by atoms with E-state index in [0.29, 0.717) is 6.54 Å². The maximum absolute atomic E-state index is 13.4. The average Bonchev–Trinajstić information content (AvgIpc) is 3.10. The molecule has 3 atom stereocenters. The minimum absolute atomic E-state index is 0.119. The second-order valence-electron chi connectivity index (χ2n) is 10.6. The van der Waals surface area contributed by atoms with Gasteiger partial charge in [-0.15, -0.1) is 0 Å². The Bertz CT molecular complexity index is 1030. The molecule has 1 fully saturated rings. The molecule has 2 heterocycles. The van der Waals surface area contributed by atoms with Gasteiger partial charge in [-0.25, -0.2) is 0 Å². The van der Waals surface area contributed by atoms with E-state index in [4.69, 9.17) is 0 Å². The first-order valence-corrected chi connectivity index (χ1v) is 11.8. The summed E-state index contributed by atoms with van der Waals surface area (Å²) in [5.41, 5.74) is 2.59. The number of β-amino-alcohol motifs (C(OH)–C–C–N with tert-alkyl or cyclic N) is 1. The highest BCUT2D eigenvalue weighted by Gasteiger charge is 2.43. The summed E-state index contributed by atoms with van der Waals surface area (Å²) in [6.45, 7) is 14.5. The number of nitrogens with one attached hydrogen (secondary N) is 2. The Morgan fingerprint density at radius 2 is 1.91 bits per heavy atom. The van der Waals surface area contributed by atoms with Crippen molar-refractivity contribution in [3.8, 4) is 0 Å². The fraction of sp³-hybridized carbons (Fsp3) is 0.577. The molecular formula is C26H38N4O3. The first kappa shape index (κ1) is 25.1. The zero-order chi connectivity index (χ0) is 24.5. The van der Waals surface area contributed by atoms with Gasteiger partial charge in [0.15, 0.2) is 0 Å². The number of likely N-dealkylation sites (tertiary alicyclic amines) is 1. The van der Waals surface area contributed by atoms with Crippen LogP contribution in [0.4, 0.5) is 0 Å². The average molecular weight is 455 g/mol. The standard InChI is InChI=1S/C26H38N4O3/c1-15(2)28-23(26(5,6)7)25(33)30-14-20(31)12-22(30)24(32)27-13-18-8-9-21-17(4)29-16(3)10-19(21)11-18/h8-11,15,20,22-23,28,31H,12-14H2,1-7H3,(H,27,32)/t20?,22-,23+/m0/s1. The molecule has 33 heavy (non-hydrogen) atoms. The molecular weight excluding hydrogens is 416 g/mol. The van der Waals surface area contributed by atoms with Crippen LogP contribution >= 0.6 is 0 Å². The first-order valence-electron chi connectivity index (χ1n) is 11.8. The zero-order valence-electron chi connectivity index (χ0n) is 20.9. The molecule has 2 amide bonds. The molecule has 0 aliphatic carbocycles. The molecule has 1 aromatic carbocycles. The van der Waals surface area contributed by atoms with Gasteiger partial charge in [0.05, 0.1) is 12.1 Å². The number of aryl methyl sites for hydroxylation is 2. The number of nitrogens with zero attached hydrogens (tertiary/aromatic N) is 2. The normalized spacial score (nSPS) is 19.8. The molecule has 1 unspecified atom stereocenters. The molecule has 0 saturated carbocycles. The van der Waals surface area contributed by atoms with Crippen molar-refractivity contribution in [2.24, 2.45) is 5.41 Å². The highest BCUT2D eigenvalue weighted by atomic mass is 16.3. The van der Waals surface area contributed by atoms with Crippen molar-refractivity contribution in [3.63, 3.8) is 0 Å². The van der Waals surface area contributed by atoms with Crippen LogP contribution in [-0.4, -0.2) is 57.6 Å². The number of aliphatic hydroxyl groups excluding tert-OH is 1. The first-order chi connectivity index (χ1) is 15.4. The number of carbonyl (C=O) groups is 2. The molecule has 0 radical (unpaired) electrons. The Morgan fingerprint density at radius 3 is 2.55 bits per heavy atom. The third kappa shape index (κ3) is 5.89. The number of hydrogen-bond donors (Lipinski definition) is 3. The second-order valence-corrected chi connectivity index (χ2v) is 10.6. The predicted molar refractivity (Wildman–Crippen MR) is 131 cm³/mol. The molecule has 1 aliphatic rings. The summed E-state index contributed by atoms with van der Waals surface area (Å²) >= 11 is 0. The number of fused-ring (bicyclic) bond motifs is 1. The largest absolute Gasteiger partial charge is 0.391 e. The van der Waals surface area contributed by atoms with Gasteiger partial charge in [-0.3, -0.25) is 14.6 Å². The highest BCUT2D eigenvalue weighted by Crippen LogP contribution is 2.27. The fourth-order valence-electron chi connectivity index (χ4n) is 4.56. The van der Waals surface area contributed by atoms with Gasteiger partial charge in [-0.05, 0) is 42.3 Å². The molecule has 0 spiro atoms. The Labute approximate surface area is 197 Å². The number of aromatic nitrogens is 1. The van der Waals surface area contributed by atoms with Crippen molar-refractivity contribution < 1.29 is 14.7 Å². The number of pyridine rings is 1. The monoisotopic (exact) mass is 454 g/mol. The van der Waals surface area contributed by atoms with E-state index >= 15 is 0 Å². The highest BCUT2D eigenvalue weighted by molar-refractivity contribution is 5.91. The van der Waals surface area contributed by atoms with Crippen molar-refractivity contribution in [2.45, 2.75) is 85.7 Å². The topological polar surface area (TPSA) is 94.6 Å². The van der Waals surface area contributed by atoms with Crippen LogP contribution in [0.5, 0.6) is 0 Å². The maximum Gasteiger partial charge on any atom is 0.243 e. The molecule has 2 aromatic rings. The number of rotatable bonds is 6. The fourth-order valence-corrected chi connectivity index (χ4v) is 4.56. The van der Waals surface area contributed by atoms with Crippen molar-refractivity contribution in [1.29, 1.82) is 0 Å². The van der Waals surface area contributed by atoms with Crippen LogP contribution in [0.1, 0.15) is 58.0 Å². The van der Waals surface area contributed by atoms with Gasteiger partial charge in [0.1, 0.15) is 6.04 Å². The van der Waals surface area contributed by atoms with E-state index in [1.807, 2.05) is 66.7 Å². The zero-order valence-corrected chi connectivity index (χ0v) is 20.9. The number of carbonyl (C=O) groups excluding carboxylic acids is 2. The Balaban J connectivity index is 1.74. The van der Waals surface area contributed by atoms with Crippen molar-refractivity contribution in [3.05, 3.63) is 41.2 Å². The minimum atomic E-state index is -0.705. The SMILES string of the molecule is Cc1cc2cc(CNC(=O)[C@@H]3CC(O)CN3C(=O)[C@@H](NC(C)C)C(C)(C)C)ccc2c(C)n1. The van der Waals surface area contributed by atoms with E-state index in [1.54, 1.807) is 4.90 Å². The van der Waals surface area contributed by atoms with Crippen LogP contribution in [0.25, 0.3) is 10.8 Å². The summed E-state index contributed by atoms with van der Waals surface area (Å²) in [6.07, 6.45) is -0.457. The van der Waals surface area contributed by atoms with Gasteiger partial charge in [0.2, 0.25) is 11.8 Å². The van der Waals surface area contributed by atoms with Gasteiger partial charge in [-0.2, -0.15) is 0 Å².